The molecule has 0 radical (unpaired) electrons. The lowest BCUT2D eigenvalue weighted by Gasteiger charge is -2.04. The standard InChI is InChI=1S/C13H12BN3O2/c18-14(19)12-1-2-13-11(7-12)8-16-17(13)9-10-3-5-15-6-4-10/h1-8,18-19H,9H2. The maximum Gasteiger partial charge on any atom is 0.488 e. The number of rotatable bonds is 3. The molecular weight excluding hydrogens is 241 g/mol. The van der Waals surface area contributed by atoms with Gasteiger partial charge in [0, 0.05) is 17.8 Å². The Morgan fingerprint density at radius 3 is 2.63 bits per heavy atom. The van der Waals surface area contributed by atoms with Gasteiger partial charge in [0.15, 0.2) is 0 Å². The molecule has 0 amide bonds. The summed E-state index contributed by atoms with van der Waals surface area (Å²) in [4.78, 5) is 3.98. The van der Waals surface area contributed by atoms with Crippen LogP contribution in [0.5, 0.6) is 0 Å². The first kappa shape index (κ1) is 11.9. The highest BCUT2D eigenvalue weighted by Crippen LogP contribution is 2.13. The highest BCUT2D eigenvalue weighted by molar-refractivity contribution is 6.58. The molecule has 0 spiro atoms. The number of aromatic nitrogens is 3. The maximum atomic E-state index is 9.15. The van der Waals surface area contributed by atoms with E-state index in [0.29, 0.717) is 12.0 Å². The van der Waals surface area contributed by atoms with Gasteiger partial charge in [-0.1, -0.05) is 12.1 Å². The predicted octanol–water partition coefficient (Wildman–Crippen LogP) is 0.159. The van der Waals surface area contributed by atoms with Crippen molar-refractivity contribution in [2.24, 2.45) is 0 Å². The van der Waals surface area contributed by atoms with Gasteiger partial charge in [-0.25, -0.2) is 0 Å². The van der Waals surface area contributed by atoms with Crippen LogP contribution in [0.25, 0.3) is 10.9 Å². The van der Waals surface area contributed by atoms with Gasteiger partial charge in [0.25, 0.3) is 0 Å². The van der Waals surface area contributed by atoms with Gasteiger partial charge < -0.3 is 10.0 Å². The van der Waals surface area contributed by atoms with Crippen molar-refractivity contribution in [1.82, 2.24) is 14.8 Å². The van der Waals surface area contributed by atoms with Crippen LogP contribution in [0, 0.1) is 0 Å². The number of hydrogen-bond acceptors (Lipinski definition) is 4. The van der Waals surface area contributed by atoms with Crippen molar-refractivity contribution in [3.8, 4) is 0 Å². The Hall–Kier alpha value is -2.18. The van der Waals surface area contributed by atoms with Crippen molar-refractivity contribution in [1.29, 1.82) is 0 Å². The van der Waals surface area contributed by atoms with Crippen molar-refractivity contribution in [2.75, 3.05) is 0 Å². The van der Waals surface area contributed by atoms with Gasteiger partial charge in [-0.05, 0) is 29.2 Å². The Balaban J connectivity index is 1.97. The monoisotopic (exact) mass is 253 g/mol. The molecule has 0 aliphatic heterocycles. The molecule has 0 bridgehead atoms. The molecule has 3 rings (SSSR count). The van der Waals surface area contributed by atoms with Gasteiger partial charge in [-0.15, -0.1) is 0 Å². The molecule has 0 saturated carbocycles. The fourth-order valence-corrected chi connectivity index (χ4v) is 2.05. The molecule has 2 N–H and O–H groups in total. The molecule has 0 aliphatic carbocycles. The van der Waals surface area contributed by atoms with Gasteiger partial charge in [0.05, 0.1) is 18.3 Å². The molecule has 3 aromatic rings. The second-order valence-electron chi connectivity index (χ2n) is 4.35. The Bertz CT molecular complexity index is 697. The van der Waals surface area contributed by atoms with Crippen LogP contribution in [-0.2, 0) is 6.54 Å². The van der Waals surface area contributed by atoms with Gasteiger partial charge >= 0.3 is 7.12 Å². The first-order valence-corrected chi connectivity index (χ1v) is 5.94. The van der Waals surface area contributed by atoms with E-state index in [4.69, 9.17) is 10.0 Å². The Kier molecular flexibility index (Phi) is 3.02. The summed E-state index contributed by atoms with van der Waals surface area (Å²) in [6, 6.07) is 9.16. The van der Waals surface area contributed by atoms with Crippen LogP contribution in [0.4, 0.5) is 0 Å². The molecule has 19 heavy (non-hydrogen) atoms. The second kappa shape index (κ2) is 4.83. The highest BCUT2D eigenvalue weighted by atomic mass is 16.4. The predicted molar refractivity (Wildman–Crippen MR) is 72.9 cm³/mol. The summed E-state index contributed by atoms with van der Waals surface area (Å²) >= 11 is 0. The van der Waals surface area contributed by atoms with Crippen molar-refractivity contribution in [3.63, 3.8) is 0 Å². The van der Waals surface area contributed by atoms with Crippen LogP contribution in [0.15, 0.2) is 48.9 Å². The highest BCUT2D eigenvalue weighted by Gasteiger charge is 2.12. The third-order valence-corrected chi connectivity index (χ3v) is 3.05. The van der Waals surface area contributed by atoms with E-state index in [9.17, 15) is 0 Å². The van der Waals surface area contributed by atoms with Gasteiger partial charge in [-0.3, -0.25) is 9.67 Å². The molecule has 0 atom stereocenters. The molecule has 5 nitrogen and oxygen atoms in total. The summed E-state index contributed by atoms with van der Waals surface area (Å²) in [6.07, 6.45) is 5.23. The van der Waals surface area contributed by atoms with Crippen LogP contribution < -0.4 is 5.46 Å². The summed E-state index contributed by atoms with van der Waals surface area (Å²) < 4.78 is 1.87. The zero-order valence-corrected chi connectivity index (χ0v) is 10.1. The van der Waals surface area contributed by atoms with E-state index < -0.39 is 7.12 Å². The number of benzene rings is 1. The van der Waals surface area contributed by atoms with E-state index >= 15 is 0 Å². The number of pyridine rings is 1. The smallest absolute Gasteiger partial charge is 0.423 e. The normalized spacial score (nSPS) is 10.8. The van der Waals surface area contributed by atoms with Crippen molar-refractivity contribution in [3.05, 3.63) is 54.5 Å². The van der Waals surface area contributed by atoms with Crippen molar-refractivity contribution < 1.29 is 10.0 Å². The molecule has 6 heteroatoms. The lowest BCUT2D eigenvalue weighted by molar-refractivity contribution is 0.426. The van der Waals surface area contributed by atoms with Crippen LogP contribution in [0.1, 0.15) is 5.56 Å². The Labute approximate surface area is 110 Å². The Morgan fingerprint density at radius 2 is 1.89 bits per heavy atom. The van der Waals surface area contributed by atoms with E-state index in [0.717, 1.165) is 16.5 Å². The number of fused-ring (bicyclic) bond motifs is 1. The minimum atomic E-state index is -1.45. The summed E-state index contributed by atoms with van der Waals surface area (Å²) in [5.74, 6) is 0. The quantitative estimate of drug-likeness (QED) is 0.652. The fraction of sp³-hybridized carbons (Fsp3) is 0.0769. The zero-order valence-electron chi connectivity index (χ0n) is 10.1. The van der Waals surface area contributed by atoms with E-state index in [1.165, 1.54) is 0 Å². The molecule has 2 aromatic heterocycles. The lowest BCUT2D eigenvalue weighted by atomic mass is 9.80. The largest absolute Gasteiger partial charge is 0.488 e. The third kappa shape index (κ3) is 2.36. The molecule has 94 valence electrons. The summed E-state index contributed by atoms with van der Waals surface area (Å²) in [7, 11) is -1.45. The summed E-state index contributed by atoms with van der Waals surface area (Å²) in [5, 5.41) is 23.5. The molecule has 0 unspecified atom stereocenters. The van der Waals surface area contributed by atoms with Gasteiger partial charge in [0.1, 0.15) is 0 Å². The first-order chi connectivity index (χ1) is 9.24. The van der Waals surface area contributed by atoms with Gasteiger partial charge in [0.2, 0.25) is 0 Å². The van der Waals surface area contributed by atoms with Crippen LogP contribution in [0.2, 0.25) is 0 Å². The van der Waals surface area contributed by atoms with E-state index in [1.54, 1.807) is 30.7 Å². The zero-order chi connectivity index (χ0) is 13.2. The molecule has 0 aliphatic rings. The van der Waals surface area contributed by atoms with E-state index in [2.05, 4.69) is 10.1 Å². The van der Waals surface area contributed by atoms with Crippen molar-refractivity contribution in [2.45, 2.75) is 6.54 Å². The third-order valence-electron chi connectivity index (χ3n) is 3.05. The average Bonchev–Trinajstić information content (AvgIpc) is 2.82. The van der Waals surface area contributed by atoms with Crippen LogP contribution in [0.3, 0.4) is 0 Å². The topological polar surface area (TPSA) is 71.2 Å². The van der Waals surface area contributed by atoms with Crippen LogP contribution >= 0.6 is 0 Å². The molecule has 2 heterocycles. The maximum absolute atomic E-state index is 9.15. The summed E-state index contributed by atoms with van der Waals surface area (Å²) in [6.45, 7) is 0.660. The minimum Gasteiger partial charge on any atom is -0.423 e. The van der Waals surface area contributed by atoms with Crippen LogP contribution in [-0.4, -0.2) is 31.9 Å². The molecule has 1 aromatic carbocycles. The van der Waals surface area contributed by atoms with Crippen molar-refractivity contribution >= 4 is 23.5 Å². The van der Waals surface area contributed by atoms with E-state index in [-0.39, 0.29) is 0 Å². The summed E-state index contributed by atoms with van der Waals surface area (Å²) in [5.41, 5.74) is 2.54. The number of hydrogen-bond donors (Lipinski definition) is 2. The first-order valence-electron chi connectivity index (χ1n) is 5.94. The number of nitrogens with zero attached hydrogens (tertiary/aromatic N) is 3. The van der Waals surface area contributed by atoms with E-state index in [1.807, 2.05) is 22.9 Å². The molecule has 0 saturated heterocycles. The fourth-order valence-electron chi connectivity index (χ4n) is 2.05. The average molecular weight is 253 g/mol. The second-order valence-corrected chi connectivity index (χ2v) is 4.35. The molecule has 0 fully saturated rings. The minimum absolute atomic E-state index is 0.468. The molecular formula is C13H12BN3O2. The SMILES string of the molecule is OB(O)c1ccc2c(cnn2Cc2ccncc2)c1. The lowest BCUT2D eigenvalue weighted by Crippen LogP contribution is -2.29. The van der Waals surface area contributed by atoms with Gasteiger partial charge in [-0.2, -0.15) is 5.10 Å². The Morgan fingerprint density at radius 1 is 1.11 bits per heavy atom.